The second-order valence-electron chi connectivity index (χ2n) is 8.06. The smallest absolute Gasteiger partial charge is 0.336 e. The van der Waals surface area contributed by atoms with Crippen molar-refractivity contribution in [3.63, 3.8) is 0 Å². The predicted molar refractivity (Wildman–Crippen MR) is 112 cm³/mol. The van der Waals surface area contributed by atoms with Crippen LogP contribution in [0.5, 0.6) is 0 Å². The molecule has 0 radical (unpaired) electrons. The zero-order valence-corrected chi connectivity index (χ0v) is 18.4. The number of benzene rings is 2. The number of nitrogens with one attached hydrogen (secondary N) is 2. The highest BCUT2D eigenvalue weighted by atomic mass is 32.2. The first-order valence-electron chi connectivity index (χ1n) is 10.1. The van der Waals surface area contributed by atoms with Crippen LogP contribution in [-0.2, 0) is 20.4 Å². The molecule has 0 heterocycles. The predicted octanol–water partition coefficient (Wildman–Crippen LogP) is 3.31. The summed E-state index contributed by atoms with van der Waals surface area (Å²) >= 11 is 0. The van der Waals surface area contributed by atoms with Gasteiger partial charge in [0.25, 0.3) is 0 Å². The average molecular weight is 501 g/mol. The molecule has 34 heavy (non-hydrogen) atoms. The molecule has 2 atom stereocenters. The number of alkyl halides is 3. The van der Waals surface area contributed by atoms with Crippen LogP contribution in [0.2, 0.25) is 0 Å². The average Bonchev–Trinajstić information content (AvgIpc) is 3.53. The largest absolute Gasteiger partial charge is 0.407 e. The fourth-order valence-electron chi connectivity index (χ4n) is 3.35. The van der Waals surface area contributed by atoms with Gasteiger partial charge < -0.3 is 5.32 Å². The van der Waals surface area contributed by atoms with E-state index in [1.54, 1.807) is 0 Å². The second-order valence-corrected chi connectivity index (χ2v) is 10.2. The van der Waals surface area contributed by atoms with Crippen molar-refractivity contribution >= 4 is 15.7 Å². The number of carbonyl (C=O) groups excluding carboxylic acids is 1. The van der Waals surface area contributed by atoms with Crippen LogP contribution in [0.4, 0.5) is 22.0 Å². The maximum atomic E-state index is 14.0. The van der Waals surface area contributed by atoms with Crippen molar-refractivity contribution < 1.29 is 35.2 Å². The molecule has 2 aromatic rings. The third kappa shape index (κ3) is 6.30. The lowest BCUT2D eigenvalue weighted by Gasteiger charge is -2.28. The van der Waals surface area contributed by atoms with E-state index in [1.165, 1.54) is 18.2 Å². The van der Waals surface area contributed by atoms with Crippen LogP contribution in [0.15, 0.2) is 48.5 Å². The molecule has 0 spiro atoms. The van der Waals surface area contributed by atoms with E-state index in [0.717, 1.165) is 30.3 Å². The maximum absolute atomic E-state index is 14.0. The molecule has 1 aliphatic carbocycles. The fraction of sp³-hybridized carbons (Fsp3) is 0.364. The van der Waals surface area contributed by atoms with E-state index in [1.807, 2.05) is 6.07 Å². The van der Waals surface area contributed by atoms with Gasteiger partial charge in [0.05, 0.1) is 17.6 Å². The molecule has 0 aromatic heterocycles. The number of nitrogens with zero attached hydrogens (tertiary/aromatic N) is 1. The van der Waals surface area contributed by atoms with Crippen LogP contribution >= 0.6 is 0 Å². The van der Waals surface area contributed by atoms with Crippen molar-refractivity contribution in [3.05, 3.63) is 71.3 Å². The summed E-state index contributed by atoms with van der Waals surface area (Å²) < 4.78 is 94.4. The van der Waals surface area contributed by atoms with Crippen LogP contribution in [0.25, 0.3) is 0 Å². The van der Waals surface area contributed by atoms with Crippen molar-refractivity contribution in [2.75, 3.05) is 5.75 Å². The number of sulfone groups is 1. The summed E-state index contributed by atoms with van der Waals surface area (Å²) in [5, 5.41) is 13.6. The van der Waals surface area contributed by atoms with Crippen LogP contribution in [0, 0.1) is 23.0 Å². The van der Waals surface area contributed by atoms with Gasteiger partial charge in [-0.25, -0.2) is 17.2 Å². The van der Waals surface area contributed by atoms with E-state index in [2.05, 4.69) is 10.6 Å². The van der Waals surface area contributed by atoms with Gasteiger partial charge >= 0.3 is 6.18 Å². The van der Waals surface area contributed by atoms with Crippen molar-refractivity contribution in [2.24, 2.45) is 0 Å². The van der Waals surface area contributed by atoms with Crippen LogP contribution in [-0.4, -0.2) is 37.8 Å². The van der Waals surface area contributed by atoms with Crippen molar-refractivity contribution in [3.8, 4) is 6.07 Å². The molecule has 0 bridgehead atoms. The third-order valence-electron chi connectivity index (χ3n) is 5.30. The van der Waals surface area contributed by atoms with Gasteiger partial charge in [-0.3, -0.25) is 10.1 Å². The van der Waals surface area contributed by atoms with Gasteiger partial charge in [0, 0.05) is 5.56 Å². The van der Waals surface area contributed by atoms with Gasteiger partial charge in [-0.15, -0.1) is 0 Å². The summed E-state index contributed by atoms with van der Waals surface area (Å²) in [6.07, 6.45) is -4.36. The summed E-state index contributed by atoms with van der Waals surface area (Å²) in [6.45, 7) is 0. The van der Waals surface area contributed by atoms with Crippen molar-refractivity contribution in [1.82, 2.24) is 10.6 Å². The Balaban J connectivity index is 1.90. The molecule has 1 saturated carbocycles. The number of hydrogen-bond acceptors (Lipinski definition) is 5. The molecule has 2 aromatic carbocycles. The van der Waals surface area contributed by atoms with E-state index >= 15 is 0 Å². The van der Waals surface area contributed by atoms with Gasteiger partial charge in [-0.1, -0.05) is 42.5 Å². The first-order valence-corrected chi connectivity index (χ1v) is 11.9. The van der Waals surface area contributed by atoms with Gasteiger partial charge in [0.15, 0.2) is 21.5 Å². The minimum absolute atomic E-state index is 0.261. The van der Waals surface area contributed by atoms with Gasteiger partial charge in [-0.2, -0.15) is 18.4 Å². The van der Waals surface area contributed by atoms with E-state index in [0.29, 0.717) is 0 Å². The lowest BCUT2D eigenvalue weighted by atomic mass is 10.1. The topological polar surface area (TPSA) is 99.1 Å². The standard InChI is InChI=1S/C22H20F5N3O3S/c23-16-8-4-7-15(18(16)24)11-34(32,33)12-17(20(31)30-21(13-28)9-10-21)29-19(22(25,26)27)14-5-2-1-3-6-14/h1-8,17,19,29H,9-12H2,(H,30,31)/t17-,19-/m0/s1. The zero-order chi connectivity index (χ0) is 25.1. The number of nitriles is 1. The molecular formula is C22H20F5N3O3S. The summed E-state index contributed by atoms with van der Waals surface area (Å²) in [4.78, 5) is 12.8. The number of carbonyl (C=O) groups is 1. The molecule has 2 N–H and O–H groups in total. The van der Waals surface area contributed by atoms with E-state index < -0.39 is 68.2 Å². The SMILES string of the molecule is N#CC1(NC(=O)[C@H](CS(=O)(=O)Cc2cccc(F)c2F)N[C@@H](c2ccccc2)C(F)(F)F)CC1. The molecule has 1 amide bonds. The number of halogens is 5. The summed E-state index contributed by atoms with van der Waals surface area (Å²) in [5.74, 6) is -5.99. The highest BCUT2D eigenvalue weighted by Gasteiger charge is 2.48. The van der Waals surface area contributed by atoms with Gasteiger partial charge in [0.1, 0.15) is 17.6 Å². The lowest BCUT2D eigenvalue weighted by Crippen LogP contribution is -2.54. The first kappa shape index (κ1) is 25.6. The third-order valence-corrected chi connectivity index (χ3v) is 6.89. The molecule has 182 valence electrons. The number of hydrogen-bond donors (Lipinski definition) is 2. The van der Waals surface area contributed by atoms with E-state index in [4.69, 9.17) is 0 Å². The van der Waals surface area contributed by atoms with Crippen LogP contribution in [0.3, 0.4) is 0 Å². The van der Waals surface area contributed by atoms with Gasteiger partial charge in [0.2, 0.25) is 5.91 Å². The van der Waals surface area contributed by atoms with Crippen LogP contribution in [0.1, 0.15) is 30.0 Å². The Hall–Kier alpha value is -3.04. The molecule has 1 fully saturated rings. The Kier molecular flexibility index (Phi) is 7.28. The normalized spacial score (nSPS) is 16.8. The summed E-state index contributed by atoms with van der Waals surface area (Å²) in [6, 6.07) is 6.92. The lowest BCUT2D eigenvalue weighted by molar-refractivity contribution is -0.160. The maximum Gasteiger partial charge on any atom is 0.407 e. The Morgan fingerprint density at radius 1 is 1.09 bits per heavy atom. The summed E-state index contributed by atoms with van der Waals surface area (Å²) in [5.41, 5.74) is -2.05. The minimum Gasteiger partial charge on any atom is -0.336 e. The summed E-state index contributed by atoms with van der Waals surface area (Å²) in [7, 11) is -4.41. The Morgan fingerprint density at radius 3 is 2.29 bits per heavy atom. The van der Waals surface area contributed by atoms with Crippen LogP contribution < -0.4 is 10.6 Å². The quantitative estimate of drug-likeness (QED) is 0.514. The number of amides is 1. The monoisotopic (exact) mass is 501 g/mol. The molecule has 0 aliphatic heterocycles. The Bertz CT molecular complexity index is 1190. The zero-order valence-electron chi connectivity index (χ0n) is 17.6. The van der Waals surface area contributed by atoms with E-state index in [-0.39, 0.29) is 18.4 Å². The Labute approximate surface area is 192 Å². The molecule has 1 aliphatic rings. The van der Waals surface area contributed by atoms with E-state index in [9.17, 15) is 40.4 Å². The molecular weight excluding hydrogens is 481 g/mol. The highest BCUT2D eigenvalue weighted by molar-refractivity contribution is 7.90. The molecule has 12 heteroatoms. The minimum atomic E-state index is -4.90. The van der Waals surface area contributed by atoms with Crippen molar-refractivity contribution in [2.45, 2.75) is 42.4 Å². The second kappa shape index (κ2) is 9.68. The fourth-order valence-corrected chi connectivity index (χ4v) is 4.92. The number of rotatable bonds is 9. The van der Waals surface area contributed by atoms with Gasteiger partial charge in [-0.05, 0) is 24.5 Å². The van der Waals surface area contributed by atoms with Crippen molar-refractivity contribution in [1.29, 1.82) is 5.26 Å². The molecule has 0 saturated heterocycles. The first-order chi connectivity index (χ1) is 15.9. The molecule has 6 nitrogen and oxygen atoms in total. The molecule has 0 unspecified atom stereocenters. The highest BCUT2D eigenvalue weighted by Crippen LogP contribution is 2.35. The molecule has 3 rings (SSSR count). The Morgan fingerprint density at radius 2 is 1.74 bits per heavy atom.